The monoisotopic (exact) mass is 282 g/mol. The first-order valence-electron chi connectivity index (χ1n) is 6.03. The zero-order chi connectivity index (χ0) is 14.9. The van der Waals surface area contributed by atoms with Crippen molar-refractivity contribution in [3.05, 3.63) is 11.8 Å². The Morgan fingerprint density at radius 1 is 1.40 bits per heavy atom. The molecule has 1 fully saturated rings. The Labute approximate surface area is 114 Å². The molecule has 0 radical (unpaired) electrons. The van der Waals surface area contributed by atoms with E-state index in [4.69, 9.17) is 15.1 Å². The number of carbonyl (C=O) groups is 2. The fraction of sp³-hybridized carbons (Fsp3) is 0.583. The summed E-state index contributed by atoms with van der Waals surface area (Å²) in [6.07, 6.45) is -4.06. The molecule has 0 aromatic carbocycles. The van der Waals surface area contributed by atoms with E-state index < -0.39 is 49.1 Å². The summed E-state index contributed by atoms with van der Waals surface area (Å²) in [5.74, 6) is -1.04. The molecular formula is C12H14N2O6. The first-order valence-corrected chi connectivity index (χ1v) is 6.03. The van der Waals surface area contributed by atoms with Gasteiger partial charge in [-0.25, -0.2) is 0 Å². The lowest BCUT2D eigenvalue weighted by atomic mass is 9.95. The molecule has 0 spiro atoms. The predicted octanol–water partition coefficient (Wildman–Crippen LogP) is -2.32. The minimum absolute atomic E-state index is 0.0161. The van der Waals surface area contributed by atoms with E-state index >= 15 is 0 Å². The zero-order valence-electron chi connectivity index (χ0n) is 10.5. The Hall–Kier alpha value is -1.79. The summed E-state index contributed by atoms with van der Waals surface area (Å²) < 4.78 is 5.25. The van der Waals surface area contributed by atoms with Crippen LogP contribution in [0.2, 0.25) is 0 Å². The van der Waals surface area contributed by atoms with Gasteiger partial charge >= 0.3 is 0 Å². The number of amides is 1. The second kappa shape index (κ2) is 5.68. The van der Waals surface area contributed by atoms with Gasteiger partial charge in [0.15, 0.2) is 5.78 Å². The van der Waals surface area contributed by atoms with Crippen LogP contribution in [0.5, 0.6) is 0 Å². The van der Waals surface area contributed by atoms with Gasteiger partial charge < -0.3 is 25.0 Å². The van der Waals surface area contributed by atoms with E-state index in [1.54, 1.807) is 6.07 Å². The molecule has 8 nitrogen and oxygen atoms in total. The highest BCUT2D eigenvalue weighted by Crippen LogP contribution is 2.29. The summed E-state index contributed by atoms with van der Waals surface area (Å²) in [5.41, 5.74) is 0.0161. The van der Waals surface area contributed by atoms with Crippen molar-refractivity contribution in [1.82, 2.24) is 4.90 Å². The molecule has 1 amide bonds. The van der Waals surface area contributed by atoms with Crippen LogP contribution in [0.4, 0.5) is 0 Å². The molecule has 2 aliphatic heterocycles. The van der Waals surface area contributed by atoms with Gasteiger partial charge in [-0.05, 0) is 0 Å². The topological polar surface area (TPSA) is 131 Å². The van der Waals surface area contributed by atoms with Crippen molar-refractivity contribution in [3.8, 4) is 6.07 Å². The SMILES string of the molecule is N#CCN1C=C([C@@H]2O[C@H](CO)[C@@H](O)[C@H]2O)C(=O)CC1=O. The second-order valence-electron chi connectivity index (χ2n) is 4.62. The van der Waals surface area contributed by atoms with E-state index in [2.05, 4.69) is 0 Å². The Morgan fingerprint density at radius 2 is 2.10 bits per heavy atom. The van der Waals surface area contributed by atoms with Crippen molar-refractivity contribution in [2.45, 2.75) is 30.8 Å². The molecule has 8 heteroatoms. The average molecular weight is 282 g/mol. The maximum absolute atomic E-state index is 11.9. The Morgan fingerprint density at radius 3 is 2.65 bits per heavy atom. The van der Waals surface area contributed by atoms with Crippen LogP contribution < -0.4 is 0 Å². The molecule has 0 aliphatic carbocycles. The zero-order valence-corrected chi connectivity index (χ0v) is 10.5. The van der Waals surface area contributed by atoms with E-state index in [0.717, 1.165) is 11.1 Å². The molecule has 20 heavy (non-hydrogen) atoms. The normalized spacial score (nSPS) is 34.1. The molecule has 0 aromatic heterocycles. The maximum Gasteiger partial charge on any atom is 0.235 e. The summed E-state index contributed by atoms with van der Waals surface area (Å²) in [4.78, 5) is 24.5. The van der Waals surface area contributed by atoms with Crippen LogP contribution in [0, 0.1) is 11.3 Å². The van der Waals surface area contributed by atoms with E-state index in [0.29, 0.717) is 0 Å². The molecule has 0 bridgehead atoms. The van der Waals surface area contributed by atoms with E-state index in [-0.39, 0.29) is 12.1 Å². The van der Waals surface area contributed by atoms with Crippen molar-refractivity contribution < 1.29 is 29.6 Å². The summed E-state index contributed by atoms with van der Waals surface area (Å²) in [6, 6.07) is 1.79. The van der Waals surface area contributed by atoms with Gasteiger partial charge in [-0.3, -0.25) is 9.59 Å². The summed E-state index contributed by atoms with van der Waals surface area (Å²) in [6.45, 7) is -0.721. The molecule has 0 aromatic rings. The molecule has 2 aliphatic rings. The van der Waals surface area contributed by atoms with E-state index in [1.165, 1.54) is 0 Å². The van der Waals surface area contributed by atoms with Gasteiger partial charge in [0, 0.05) is 11.8 Å². The van der Waals surface area contributed by atoms with Crippen molar-refractivity contribution in [2.24, 2.45) is 0 Å². The number of ether oxygens (including phenoxy) is 1. The number of rotatable bonds is 3. The van der Waals surface area contributed by atoms with Crippen molar-refractivity contribution in [2.75, 3.05) is 13.2 Å². The van der Waals surface area contributed by atoms with Crippen LogP contribution >= 0.6 is 0 Å². The van der Waals surface area contributed by atoms with E-state index in [9.17, 15) is 19.8 Å². The first-order chi connectivity index (χ1) is 9.49. The van der Waals surface area contributed by atoms with Crippen LogP contribution in [0.25, 0.3) is 0 Å². The highest BCUT2D eigenvalue weighted by Gasteiger charge is 2.46. The van der Waals surface area contributed by atoms with Gasteiger partial charge in [0.25, 0.3) is 0 Å². The van der Waals surface area contributed by atoms with Crippen molar-refractivity contribution >= 4 is 11.7 Å². The number of nitrogens with zero attached hydrogens (tertiary/aromatic N) is 2. The standard InChI is InChI=1S/C12H14N2O6/c13-1-2-14-4-6(7(16)3-9(14)17)12-11(19)10(18)8(5-15)20-12/h4,8,10-12,15,18-19H,2-3,5H2/t8-,10-,11-,12+/m1/s1. The lowest BCUT2D eigenvalue weighted by Crippen LogP contribution is -2.40. The molecule has 2 rings (SSSR count). The number of ketones is 1. The fourth-order valence-corrected chi connectivity index (χ4v) is 2.25. The number of carbonyl (C=O) groups excluding carboxylic acids is 2. The van der Waals surface area contributed by atoms with Gasteiger partial charge in [-0.2, -0.15) is 5.26 Å². The molecule has 2 heterocycles. The van der Waals surface area contributed by atoms with Gasteiger partial charge in [0.2, 0.25) is 5.91 Å². The average Bonchev–Trinajstić information content (AvgIpc) is 2.70. The Balaban J connectivity index is 2.27. The second-order valence-corrected chi connectivity index (χ2v) is 4.62. The van der Waals surface area contributed by atoms with Crippen LogP contribution in [-0.4, -0.2) is 69.5 Å². The summed E-state index contributed by atoms with van der Waals surface area (Å²) in [5, 5.41) is 37.1. The lowest BCUT2D eigenvalue weighted by molar-refractivity contribution is -0.134. The minimum atomic E-state index is -1.38. The number of nitriles is 1. The Kier molecular flexibility index (Phi) is 4.15. The summed E-state index contributed by atoms with van der Waals surface area (Å²) >= 11 is 0. The fourth-order valence-electron chi connectivity index (χ4n) is 2.25. The number of hydrogen-bond acceptors (Lipinski definition) is 7. The van der Waals surface area contributed by atoms with Crippen molar-refractivity contribution in [3.63, 3.8) is 0 Å². The molecule has 1 saturated heterocycles. The maximum atomic E-state index is 11.9. The molecular weight excluding hydrogens is 268 g/mol. The molecule has 108 valence electrons. The number of hydrogen-bond donors (Lipinski definition) is 3. The highest BCUT2D eigenvalue weighted by atomic mass is 16.6. The number of aliphatic hydroxyl groups is 3. The highest BCUT2D eigenvalue weighted by molar-refractivity contribution is 6.10. The quantitative estimate of drug-likeness (QED) is 0.391. The lowest BCUT2D eigenvalue weighted by Gasteiger charge is -2.25. The van der Waals surface area contributed by atoms with Gasteiger partial charge in [0.05, 0.1) is 19.1 Å². The predicted molar refractivity (Wildman–Crippen MR) is 62.8 cm³/mol. The smallest absolute Gasteiger partial charge is 0.235 e. The van der Waals surface area contributed by atoms with Crippen LogP contribution in [-0.2, 0) is 14.3 Å². The third-order valence-corrected chi connectivity index (χ3v) is 3.34. The Bertz CT molecular complexity index is 497. The molecule has 3 N–H and O–H groups in total. The number of Topliss-reactive ketones (excluding diaryl/α,β-unsaturated/α-hetero) is 1. The molecule has 0 unspecified atom stereocenters. The van der Waals surface area contributed by atoms with Gasteiger partial charge in [0.1, 0.15) is 31.0 Å². The largest absolute Gasteiger partial charge is 0.394 e. The molecule has 4 atom stereocenters. The molecule has 0 saturated carbocycles. The minimum Gasteiger partial charge on any atom is -0.394 e. The first kappa shape index (κ1) is 14.6. The van der Waals surface area contributed by atoms with E-state index in [1.807, 2.05) is 0 Å². The van der Waals surface area contributed by atoms with Crippen molar-refractivity contribution in [1.29, 1.82) is 5.26 Å². The third-order valence-electron chi connectivity index (χ3n) is 3.34. The van der Waals surface area contributed by atoms with Gasteiger partial charge in [-0.15, -0.1) is 0 Å². The summed E-state index contributed by atoms with van der Waals surface area (Å²) in [7, 11) is 0. The van der Waals surface area contributed by atoms with Crippen LogP contribution in [0.15, 0.2) is 11.8 Å². The third kappa shape index (κ3) is 2.44. The van der Waals surface area contributed by atoms with Crippen LogP contribution in [0.3, 0.4) is 0 Å². The number of aliphatic hydroxyl groups excluding tert-OH is 3. The van der Waals surface area contributed by atoms with Crippen LogP contribution in [0.1, 0.15) is 6.42 Å². The van der Waals surface area contributed by atoms with Gasteiger partial charge in [-0.1, -0.05) is 0 Å².